The molecule has 0 unspecified atom stereocenters. The fourth-order valence-corrected chi connectivity index (χ4v) is 4.64. The number of carbonyl (C=O) groups is 4. The summed E-state index contributed by atoms with van der Waals surface area (Å²) in [6, 6.07) is 20.0. The first-order valence-corrected chi connectivity index (χ1v) is 13.4. The summed E-state index contributed by atoms with van der Waals surface area (Å²) in [5, 5.41) is 26.0. The van der Waals surface area contributed by atoms with Crippen LogP contribution in [-0.2, 0) is 17.6 Å². The SMILES string of the molecule is O=C(NCCN1C(=O)c2ccccc2C1=O)[C@H](Cc1ccc([N+](=O)[O-])cc1)NC(=O)N(CCO)CCc1ccccc1. The first-order chi connectivity index (χ1) is 20.3. The van der Waals surface area contributed by atoms with E-state index in [1.54, 1.807) is 24.3 Å². The Kier molecular flexibility index (Phi) is 9.95. The molecule has 0 saturated carbocycles. The maximum Gasteiger partial charge on any atom is 0.318 e. The second-order valence-corrected chi connectivity index (χ2v) is 9.67. The number of urea groups is 1. The van der Waals surface area contributed by atoms with Crippen LogP contribution in [0.3, 0.4) is 0 Å². The number of nitrogens with zero attached hydrogens (tertiary/aromatic N) is 3. The number of hydrogen-bond donors (Lipinski definition) is 3. The summed E-state index contributed by atoms with van der Waals surface area (Å²) in [6.45, 7) is -0.0523. The van der Waals surface area contributed by atoms with E-state index in [2.05, 4.69) is 10.6 Å². The lowest BCUT2D eigenvalue weighted by Gasteiger charge is -2.26. The number of aliphatic hydroxyl groups is 1. The van der Waals surface area contributed by atoms with Crippen molar-refractivity contribution in [3.8, 4) is 0 Å². The standard InChI is InChI=1S/C30H31N5O7/c36-19-18-33(16-14-21-6-2-1-3-7-21)30(40)32-26(20-22-10-12-23(13-11-22)35(41)42)27(37)31-15-17-34-28(38)24-8-4-5-9-25(24)29(34)39/h1-13,26,36H,14-20H2,(H,31,37)(H,32,40)/t26-/m0/s1. The van der Waals surface area contributed by atoms with Gasteiger partial charge in [-0.25, -0.2) is 4.79 Å². The maximum absolute atomic E-state index is 13.3. The van der Waals surface area contributed by atoms with Gasteiger partial charge in [-0.05, 0) is 29.7 Å². The fourth-order valence-electron chi connectivity index (χ4n) is 4.64. The predicted molar refractivity (Wildman–Crippen MR) is 153 cm³/mol. The number of aliphatic hydroxyl groups excluding tert-OH is 1. The zero-order valence-corrected chi connectivity index (χ0v) is 22.8. The molecule has 12 heteroatoms. The molecule has 0 bridgehead atoms. The lowest BCUT2D eigenvalue weighted by atomic mass is 10.0. The van der Waals surface area contributed by atoms with Crippen LogP contribution in [0, 0.1) is 10.1 Å². The van der Waals surface area contributed by atoms with Crippen molar-refractivity contribution in [2.24, 2.45) is 0 Å². The quantitative estimate of drug-likeness (QED) is 0.160. The van der Waals surface area contributed by atoms with Gasteiger partial charge < -0.3 is 20.6 Å². The molecular formula is C30H31N5O7. The number of rotatable bonds is 13. The molecule has 1 atom stereocenters. The van der Waals surface area contributed by atoms with E-state index in [1.165, 1.54) is 29.2 Å². The molecule has 0 aliphatic carbocycles. The number of non-ortho nitro benzene ring substituents is 1. The van der Waals surface area contributed by atoms with Crippen LogP contribution in [0.15, 0.2) is 78.9 Å². The topological polar surface area (TPSA) is 162 Å². The first-order valence-electron chi connectivity index (χ1n) is 13.4. The van der Waals surface area contributed by atoms with Crippen molar-refractivity contribution in [3.05, 3.63) is 111 Å². The third-order valence-corrected chi connectivity index (χ3v) is 6.88. The summed E-state index contributed by atoms with van der Waals surface area (Å²) in [5.74, 6) is -1.46. The number of nitrogens with one attached hydrogen (secondary N) is 2. The number of fused-ring (bicyclic) bond motifs is 1. The van der Waals surface area contributed by atoms with Crippen molar-refractivity contribution in [3.63, 3.8) is 0 Å². The molecule has 0 radical (unpaired) electrons. The second-order valence-electron chi connectivity index (χ2n) is 9.67. The van der Waals surface area contributed by atoms with Crippen molar-refractivity contribution >= 4 is 29.4 Å². The molecule has 5 amide bonds. The van der Waals surface area contributed by atoms with Crippen LogP contribution in [0.1, 0.15) is 31.8 Å². The Labute approximate surface area is 242 Å². The van der Waals surface area contributed by atoms with Gasteiger partial charge in [-0.2, -0.15) is 0 Å². The third-order valence-electron chi connectivity index (χ3n) is 6.88. The minimum absolute atomic E-state index is 0.0221. The number of amides is 5. The van der Waals surface area contributed by atoms with E-state index in [9.17, 15) is 34.4 Å². The van der Waals surface area contributed by atoms with Gasteiger partial charge in [0.1, 0.15) is 6.04 Å². The zero-order valence-electron chi connectivity index (χ0n) is 22.8. The van der Waals surface area contributed by atoms with E-state index in [0.717, 1.165) is 10.5 Å². The number of benzene rings is 3. The molecular weight excluding hydrogens is 542 g/mol. The molecule has 1 aliphatic heterocycles. The van der Waals surface area contributed by atoms with Crippen LogP contribution in [0.2, 0.25) is 0 Å². The second kappa shape index (κ2) is 14.0. The molecule has 3 N–H and O–H groups in total. The normalized spacial score (nSPS) is 12.9. The smallest absolute Gasteiger partial charge is 0.318 e. The van der Waals surface area contributed by atoms with Gasteiger partial charge in [0.05, 0.1) is 22.7 Å². The van der Waals surface area contributed by atoms with Crippen LogP contribution in [0.5, 0.6) is 0 Å². The fraction of sp³-hybridized carbons (Fsp3) is 0.267. The third kappa shape index (κ3) is 7.34. The van der Waals surface area contributed by atoms with Gasteiger partial charge in [0.15, 0.2) is 0 Å². The number of carbonyl (C=O) groups excluding carboxylic acids is 4. The molecule has 0 aromatic heterocycles. The summed E-state index contributed by atoms with van der Waals surface area (Å²) < 4.78 is 0. The summed E-state index contributed by atoms with van der Waals surface area (Å²) in [4.78, 5) is 64.8. The molecule has 0 spiro atoms. The molecule has 4 rings (SSSR count). The highest BCUT2D eigenvalue weighted by atomic mass is 16.6. The van der Waals surface area contributed by atoms with Crippen LogP contribution in [-0.4, -0.2) is 82.4 Å². The van der Waals surface area contributed by atoms with Crippen molar-refractivity contribution in [1.29, 1.82) is 0 Å². The highest BCUT2D eigenvalue weighted by molar-refractivity contribution is 6.21. The van der Waals surface area contributed by atoms with Crippen molar-refractivity contribution in [2.75, 3.05) is 32.8 Å². The lowest BCUT2D eigenvalue weighted by Crippen LogP contribution is -2.53. The van der Waals surface area contributed by atoms with Crippen LogP contribution in [0.25, 0.3) is 0 Å². The van der Waals surface area contributed by atoms with Crippen molar-refractivity contribution in [2.45, 2.75) is 18.9 Å². The number of hydrogen-bond acceptors (Lipinski definition) is 7. The Morgan fingerprint density at radius 1 is 0.881 bits per heavy atom. The molecule has 0 saturated heterocycles. The summed E-state index contributed by atoms with van der Waals surface area (Å²) in [5.41, 5.74) is 2.06. The molecule has 3 aromatic carbocycles. The monoisotopic (exact) mass is 573 g/mol. The van der Waals surface area contributed by atoms with Gasteiger partial charge in [0.25, 0.3) is 17.5 Å². The van der Waals surface area contributed by atoms with Crippen molar-refractivity contribution < 1.29 is 29.2 Å². The average molecular weight is 574 g/mol. The predicted octanol–water partition coefficient (Wildman–Crippen LogP) is 2.16. The van der Waals surface area contributed by atoms with E-state index in [1.807, 2.05) is 30.3 Å². The Morgan fingerprint density at radius 3 is 2.10 bits per heavy atom. The largest absolute Gasteiger partial charge is 0.395 e. The molecule has 3 aromatic rings. The summed E-state index contributed by atoms with van der Waals surface area (Å²) >= 11 is 0. The molecule has 1 heterocycles. The highest BCUT2D eigenvalue weighted by Gasteiger charge is 2.35. The molecule has 218 valence electrons. The lowest BCUT2D eigenvalue weighted by molar-refractivity contribution is -0.384. The minimum atomic E-state index is -1.08. The van der Waals surface area contributed by atoms with E-state index in [-0.39, 0.29) is 38.3 Å². The van der Waals surface area contributed by atoms with Gasteiger partial charge in [-0.15, -0.1) is 0 Å². The Bertz CT molecular complexity index is 1410. The van der Waals surface area contributed by atoms with E-state index < -0.39 is 34.7 Å². The van der Waals surface area contributed by atoms with Gasteiger partial charge >= 0.3 is 6.03 Å². The molecule has 1 aliphatic rings. The number of nitro benzene ring substituents is 1. The first kappa shape index (κ1) is 29.9. The van der Waals surface area contributed by atoms with Gasteiger partial charge in [-0.1, -0.05) is 54.6 Å². The van der Waals surface area contributed by atoms with Crippen LogP contribution < -0.4 is 10.6 Å². The maximum atomic E-state index is 13.3. The minimum Gasteiger partial charge on any atom is -0.395 e. The van der Waals surface area contributed by atoms with Crippen LogP contribution >= 0.6 is 0 Å². The molecule has 12 nitrogen and oxygen atoms in total. The van der Waals surface area contributed by atoms with Crippen LogP contribution in [0.4, 0.5) is 10.5 Å². The highest BCUT2D eigenvalue weighted by Crippen LogP contribution is 2.21. The molecule has 42 heavy (non-hydrogen) atoms. The van der Waals surface area contributed by atoms with E-state index in [4.69, 9.17) is 0 Å². The van der Waals surface area contributed by atoms with Gasteiger partial charge in [-0.3, -0.25) is 29.4 Å². The van der Waals surface area contributed by atoms with E-state index >= 15 is 0 Å². The van der Waals surface area contributed by atoms with Gasteiger partial charge in [0, 0.05) is 44.7 Å². The molecule has 0 fully saturated rings. The Hall–Kier alpha value is -5.10. The van der Waals surface area contributed by atoms with E-state index in [0.29, 0.717) is 29.7 Å². The number of imide groups is 1. The summed E-state index contributed by atoms with van der Waals surface area (Å²) in [6.07, 6.45) is 0.558. The number of nitro groups is 1. The Balaban J connectivity index is 1.43. The van der Waals surface area contributed by atoms with Gasteiger partial charge in [0.2, 0.25) is 5.91 Å². The Morgan fingerprint density at radius 2 is 1.50 bits per heavy atom. The zero-order chi connectivity index (χ0) is 30.1. The summed E-state index contributed by atoms with van der Waals surface area (Å²) in [7, 11) is 0. The average Bonchev–Trinajstić information content (AvgIpc) is 3.24. The van der Waals surface area contributed by atoms with Crippen molar-refractivity contribution in [1.82, 2.24) is 20.4 Å².